The lowest BCUT2D eigenvalue weighted by molar-refractivity contribution is 0.507. The fourth-order valence-electron chi connectivity index (χ4n) is 3.74. The van der Waals surface area contributed by atoms with Crippen molar-refractivity contribution in [3.8, 4) is 0 Å². The molecule has 2 aliphatic carbocycles. The highest BCUT2D eigenvalue weighted by Gasteiger charge is 2.42. The Morgan fingerprint density at radius 1 is 1.24 bits per heavy atom. The van der Waals surface area contributed by atoms with Gasteiger partial charge in [-0.3, -0.25) is 0 Å². The highest BCUT2D eigenvalue weighted by molar-refractivity contribution is 6.77. The van der Waals surface area contributed by atoms with E-state index in [9.17, 15) is 0 Å². The lowest BCUT2D eigenvalue weighted by Gasteiger charge is -2.39. The largest absolute Gasteiger partial charge is 0.332 e. The normalized spacial score (nSPS) is 29.1. The van der Waals surface area contributed by atoms with Crippen molar-refractivity contribution in [2.45, 2.75) is 64.2 Å². The maximum atomic E-state index is 3.94. The molecule has 0 aliphatic heterocycles. The van der Waals surface area contributed by atoms with Gasteiger partial charge in [0, 0.05) is 5.54 Å². The molecule has 2 rings (SSSR count). The zero-order valence-corrected chi connectivity index (χ0v) is 13.0. The summed E-state index contributed by atoms with van der Waals surface area (Å²) in [5.74, 6) is 0.860. The van der Waals surface area contributed by atoms with Crippen LogP contribution in [0.15, 0.2) is 23.8 Å². The maximum Gasteiger partial charge on any atom is 0.127 e. The highest BCUT2D eigenvalue weighted by Crippen LogP contribution is 2.48. The van der Waals surface area contributed by atoms with Gasteiger partial charge < -0.3 is 4.98 Å². The summed E-state index contributed by atoms with van der Waals surface area (Å²) in [7, 11) is -1.37. The average molecular weight is 249 g/mol. The standard InChI is InChI=1S/C15H27NSi/c1-15(2,3)16-17(4,5)14-11-10-12-8-6-7-9-13(12)14/h6-7,9,12,14,16H,8,10-11H2,1-5H3. The minimum Gasteiger partial charge on any atom is -0.332 e. The molecule has 0 heterocycles. The van der Waals surface area contributed by atoms with Crippen molar-refractivity contribution in [3.63, 3.8) is 0 Å². The minimum atomic E-state index is -1.37. The Morgan fingerprint density at radius 3 is 2.59 bits per heavy atom. The van der Waals surface area contributed by atoms with Crippen molar-refractivity contribution >= 4 is 8.24 Å². The van der Waals surface area contributed by atoms with Gasteiger partial charge in [0.2, 0.25) is 0 Å². The number of fused-ring (bicyclic) bond motifs is 1. The van der Waals surface area contributed by atoms with Crippen LogP contribution in [0.25, 0.3) is 0 Å². The van der Waals surface area contributed by atoms with Gasteiger partial charge in [0.05, 0.1) is 0 Å². The third kappa shape index (κ3) is 2.91. The van der Waals surface area contributed by atoms with Gasteiger partial charge in [-0.2, -0.15) is 0 Å². The van der Waals surface area contributed by atoms with Gasteiger partial charge in [-0.15, -0.1) is 0 Å². The molecule has 1 fully saturated rings. The van der Waals surface area contributed by atoms with Gasteiger partial charge in [0.1, 0.15) is 8.24 Å². The van der Waals surface area contributed by atoms with Crippen molar-refractivity contribution in [3.05, 3.63) is 23.8 Å². The van der Waals surface area contributed by atoms with E-state index < -0.39 is 8.24 Å². The number of allylic oxidation sites excluding steroid dienone is 4. The van der Waals surface area contributed by atoms with Crippen LogP contribution in [0.3, 0.4) is 0 Å². The molecule has 0 bridgehead atoms. The van der Waals surface area contributed by atoms with Crippen LogP contribution in [0.5, 0.6) is 0 Å². The molecule has 1 saturated carbocycles. The summed E-state index contributed by atoms with van der Waals surface area (Å²) >= 11 is 0. The Bertz CT molecular complexity index is 346. The van der Waals surface area contributed by atoms with Crippen LogP contribution in [-0.2, 0) is 0 Å². The average Bonchev–Trinajstić information content (AvgIpc) is 2.57. The first-order chi connectivity index (χ1) is 7.80. The Balaban J connectivity index is 2.17. The molecule has 96 valence electrons. The quantitative estimate of drug-likeness (QED) is 0.722. The molecule has 2 heteroatoms. The first-order valence-corrected chi connectivity index (χ1v) is 10.0. The molecule has 2 unspecified atom stereocenters. The van der Waals surface area contributed by atoms with Crippen LogP contribution in [0, 0.1) is 5.92 Å². The summed E-state index contributed by atoms with van der Waals surface area (Å²) in [5.41, 5.74) is 2.84. The summed E-state index contributed by atoms with van der Waals surface area (Å²) in [4.78, 5) is 3.94. The van der Waals surface area contributed by atoms with E-state index in [0.29, 0.717) is 0 Å². The molecule has 0 spiro atoms. The van der Waals surface area contributed by atoms with E-state index in [1.165, 1.54) is 19.3 Å². The SMILES string of the molecule is CC(C)(C)N[Si](C)(C)C1CCC2CC=CC=C21. The van der Waals surface area contributed by atoms with Crippen molar-refractivity contribution in [1.29, 1.82) is 0 Å². The van der Waals surface area contributed by atoms with Gasteiger partial charge in [-0.1, -0.05) is 36.9 Å². The molecule has 0 aromatic heterocycles. The minimum absolute atomic E-state index is 0.249. The van der Waals surface area contributed by atoms with E-state index in [-0.39, 0.29) is 5.54 Å². The van der Waals surface area contributed by atoms with Gasteiger partial charge in [0.15, 0.2) is 0 Å². The summed E-state index contributed by atoms with van der Waals surface area (Å²) in [5, 5.41) is 0. The van der Waals surface area contributed by atoms with Gasteiger partial charge in [-0.05, 0) is 51.5 Å². The second-order valence-electron chi connectivity index (χ2n) is 7.25. The zero-order chi connectivity index (χ0) is 12.7. The highest BCUT2D eigenvalue weighted by atomic mass is 28.3. The van der Waals surface area contributed by atoms with Gasteiger partial charge in [0.25, 0.3) is 0 Å². The first kappa shape index (κ1) is 13.1. The number of rotatable bonds is 2. The van der Waals surface area contributed by atoms with Crippen LogP contribution < -0.4 is 4.98 Å². The van der Waals surface area contributed by atoms with Gasteiger partial charge in [-0.25, -0.2) is 0 Å². The fraction of sp³-hybridized carbons (Fsp3) is 0.733. The van der Waals surface area contributed by atoms with Crippen molar-refractivity contribution < 1.29 is 0 Å². The van der Waals surface area contributed by atoms with Crippen LogP contribution in [0.4, 0.5) is 0 Å². The summed E-state index contributed by atoms with van der Waals surface area (Å²) < 4.78 is 0. The van der Waals surface area contributed by atoms with E-state index >= 15 is 0 Å². The molecule has 2 atom stereocenters. The van der Waals surface area contributed by atoms with Gasteiger partial charge >= 0.3 is 0 Å². The van der Waals surface area contributed by atoms with Crippen molar-refractivity contribution in [2.75, 3.05) is 0 Å². The molecule has 0 saturated heterocycles. The van der Waals surface area contributed by atoms with Crippen LogP contribution >= 0.6 is 0 Å². The molecule has 2 aliphatic rings. The number of nitrogens with one attached hydrogen (secondary N) is 1. The summed E-state index contributed by atoms with van der Waals surface area (Å²) in [6.07, 6.45) is 11.1. The lowest BCUT2D eigenvalue weighted by Crippen LogP contribution is -2.57. The molecular weight excluding hydrogens is 222 g/mol. The van der Waals surface area contributed by atoms with Crippen LogP contribution in [0.2, 0.25) is 18.6 Å². The van der Waals surface area contributed by atoms with E-state index in [0.717, 1.165) is 11.5 Å². The Kier molecular flexibility index (Phi) is 3.39. The number of hydrogen-bond donors (Lipinski definition) is 1. The molecule has 1 nitrogen and oxygen atoms in total. The summed E-state index contributed by atoms with van der Waals surface area (Å²) in [6, 6.07) is 0. The summed E-state index contributed by atoms with van der Waals surface area (Å²) in [6.45, 7) is 11.9. The predicted molar refractivity (Wildman–Crippen MR) is 78.7 cm³/mol. The Labute approximate surface area is 107 Å². The van der Waals surface area contributed by atoms with E-state index in [1.54, 1.807) is 5.57 Å². The molecule has 0 aromatic carbocycles. The zero-order valence-electron chi connectivity index (χ0n) is 12.0. The van der Waals surface area contributed by atoms with Crippen molar-refractivity contribution in [1.82, 2.24) is 4.98 Å². The molecule has 1 N–H and O–H groups in total. The molecule has 0 radical (unpaired) electrons. The van der Waals surface area contributed by atoms with E-state index in [4.69, 9.17) is 0 Å². The lowest BCUT2D eigenvalue weighted by atomic mass is 9.95. The van der Waals surface area contributed by atoms with Crippen LogP contribution in [-0.4, -0.2) is 13.8 Å². The van der Waals surface area contributed by atoms with Crippen molar-refractivity contribution in [2.24, 2.45) is 5.92 Å². The second kappa shape index (κ2) is 4.40. The predicted octanol–water partition coefficient (Wildman–Crippen LogP) is 4.25. The topological polar surface area (TPSA) is 12.0 Å². The monoisotopic (exact) mass is 249 g/mol. The Hall–Kier alpha value is -0.343. The molecule has 0 aromatic rings. The molecule has 0 amide bonds. The third-order valence-corrected chi connectivity index (χ3v) is 7.85. The maximum absolute atomic E-state index is 3.94. The molecular formula is C15H27NSi. The van der Waals surface area contributed by atoms with Crippen LogP contribution in [0.1, 0.15) is 40.0 Å². The number of hydrogen-bond acceptors (Lipinski definition) is 1. The van der Waals surface area contributed by atoms with E-state index in [1.807, 2.05) is 0 Å². The Morgan fingerprint density at radius 2 is 1.94 bits per heavy atom. The third-order valence-electron chi connectivity index (χ3n) is 4.09. The second-order valence-corrected chi connectivity index (χ2v) is 11.6. The smallest absolute Gasteiger partial charge is 0.127 e. The molecule has 17 heavy (non-hydrogen) atoms. The van der Waals surface area contributed by atoms with E-state index in [2.05, 4.69) is 57.1 Å². The fourth-order valence-corrected chi connectivity index (χ4v) is 7.91. The first-order valence-electron chi connectivity index (χ1n) is 6.95.